The Labute approximate surface area is 98.7 Å². The molecule has 0 aromatic heterocycles. The normalized spacial score (nSPS) is 11.1. The van der Waals surface area contributed by atoms with Crippen LogP contribution in [0.25, 0.3) is 0 Å². The molecule has 0 atom stereocenters. The van der Waals surface area contributed by atoms with Crippen molar-refractivity contribution in [2.45, 2.75) is 0 Å². The van der Waals surface area contributed by atoms with Crippen LogP contribution >= 0.6 is 40.4 Å². The zero-order valence-electron chi connectivity index (χ0n) is 7.00. The maximum absolute atomic E-state index is 8.88. The lowest BCUT2D eigenvalue weighted by atomic mass is 15.8. The summed E-state index contributed by atoms with van der Waals surface area (Å²) < 4.78 is 26.6. The van der Waals surface area contributed by atoms with Gasteiger partial charge in [0.1, 0.15) is 0 Å². The van der Waals surface area contributed by atoms with Crippen molar-refractivity contribution in [2.75, 3.05) is 0 Å². The molecule has 12 nitrogen and oxygen atoms in total. The molecule has 16 heavy (non-hydrogen) atoms. The summed E-state index contributed by atoms with van der Waals surface area (Å²) in [6.07, 6.45) is 0. The van der Waals surface area contributed by atoms with E-state index < -0.39 is 23.5 Å². The van der Waals surface area contributed by atoms with Gasteiger partial charge in [-0.25, -0.2) is 13.7 Å². The van der Waals surface area contributed by atoms with Crippen LogP contribution in [0.15, 0.2) is 0 Å². The molecule has 0 radical (unpaired) electrons. The van der Waals surface area contributed by atoms with E-state index in [0.29, 0.717) is 0 Å². The monoisotopic (exact) mass is 374 g/mol. The molecule has 0 aromatic rings. The first-order valence-electron chi connectivity index (χ1n) is 2.35. The molecule has 0 unspecified atom stereocenters. The van der Waals surface area contributed by atoms with E-state index in [4.69, 9.17) is 57.7 Å². The van der Waals surface area contributed by atoms with Crippen LogP contribution in [0.3, 0.4) is 0 Å². The van der Waals surface area contributed by atoms with Crippen LogP contribution in [0.4, 0.5) is 0 Å². The van der Waals surface area contributed by atoms with Gasteiger partial charge in [0.25, 0.3) is 0 Å². The van der Waals surface area contributed by atoms with Gasteiger partial charge in [-0.15, -0.1) is 17.0 Å². The summed E-state index contributed by atoms with van der Waals surface area (Å²) in [5.74, 6) is 0. The highest BCUT2D eigenvalue weighted by molar-refractivity contribution is 8.93. The lowest BCUT2D eigenvalue weighted by Gasteiger charge is -1.82. The first-order valence-corrected chi connectivity index (χ1v) is 7.04. The van der Waals surface area contributed by atoms with Crippen LogP contribution in [0.1, 0.15) is 0 Å². The molecule has 104 valence electrons. The second kappa shape index (κ2) is 9.80. The van der Waals surface area contributed by atoms with E-state index in [9.17, 15) is 0 Å². The van der Waals surface area contributed by atoms with E-state index in [0.717, 1.165) is 0 Å². The van der Waals surface area contributed by atoms with Crippen molar-refractivity contribution < 1.29 is 57.7 Å². The average molecular weight is 375 g/mol. The van der Waals surface area contributed by atoms with Gasteiger partial charge in [0.05, 0.1) is 0 Å². The first-order chi connectivity index (χ1) is 6.00. The molecule has 0 rings (SSSR count). The molecule has 16 heteroatoms. The van der Waals surface area contributed by atoms with Gasteiger partial charge in [-0.05, 0) is 0 Å². The van der Waals surface area contributed by atoms with E-state index in [1.54, 1.807) is 0 Å². The van der Waals surface area contributed by atoms with Gasteiger partial charge in [0.2, 0.25) is 0 Å². The van der Waals surface area contributed by atoms with E-state index in [-0.39, 0.29) is 17.0 Å². The second-order valence-electron chi connectivity index (χ2n) is 1.54. The molecule has 0 aliphatic carbocycles. The molecular weight excluding hydrogens is 365 g/mol. The Hall–Kier alpha value is 0.810. The van der Waals surface area contributed by atoms with E-state index in [1.165, 1.54) is 0 Å². The Bertz CT molecular complexity index is 202. The van der Waals surface area contributed by atoms with Gasteiger partial charge >= 0.3 is 23.5 Å². The van der Waals surface area contributed by atoms with Crippen LogP contribution in [-0.2, 0) is 13.7 Å². The highest BCUT2D eigenvalue weighted by Crippen LogP contribution is 2.26. The molecule has 0 heterocycles. The zero-order valence-corrected chi connectivity index (χ0v) is 11.4. The fourth-order valence-electron chi connectivity index (χ4n) is 0. The van der Waals surface area contributed by atoms with Crippen LogP contribution in [-0.4, -0.2) is 44.0 Å². The van der Waals surface area contributed by atoms with Gasteiger partial charge in [-0.3, -0.25) is 0 Å². The summed E-state index contributed by atoms with van der Waals surface area (Å²) in [6.45, 7) is 0. The number of phosphoric acid groups is 3. The minimum absolute atomic E-state index is 0. The van der Waals surface area contributed by atoms with Crippen molar-refractivity contribution in [3.8, 4) is 0 Å². The second-order valence-corrected chi connectivity index (χ2v) is 4.62. The van der Waals surface area contributed by atoms with Crippen molar-refractivity contribution in [3.63, 3.8) is 0 Å². The Morgan fingerprint density at radius 2 is 0.438 bits per heavy atom. The zero-order chi connectivity index (χ0) is 13.5. The molecule has 0 aliphatic heterocycles. The lowest BCUT2D eigenvalue weighted by molar-refractivity contribution is 0.272. The maximum atomic E-state index is 8.88. The summed E-state index contributed by atoms with van der Waals surface area (Å²) in [7, 11) is -13.9. The van der Waals surface area contributed by atoms with Crippen molar-refractivity contribution in [1.82, 2.24) is 0 Å². The fraction of sp³-hybridized carbons (Fsp3) is 0. The van der Waals surface area contributed by atoms with Crippen LogP contribution < -0.4 is 0 Å². The topological polar surface area (TPSA) is 233 Å². The molecule has 0 fully saturated rings. The van der Waals surface area contributed by atoms with Crippen molar-refractivity contribution in [2.24, 2.45) is 0 Å². The van der Waals surface area contributed by atoms with Gasteiger partial charge in [-0.1, -0.05) is 0 Å². The molecule has 9 N–H and O–H groups in total. The van der Waals surface area contributed by atoms with Gasteiger partial charge in [0, 0.05) is 0 Å². The quantitative estimate of drug-likeness (QED) is 0.205. The van der Waals surface area contributed by atoms with Gasteiger partial charge in [0.15, 0.2) is 0 Å². The highest BCUT2D eigenvalue weighted by atomic mass is 79.9. The SMILES string of the molecule is Br.O=P(O)(O)O.O=P(O)(O)O.O=P(O)(O)O. The van der Waals surface area contributed by atoms with Crippen LogP contribution in [0.5, 0.6) is 0 Å². The molecule has 0 aromatic carbocycles. The number of hydrogen-bond acceptors (Lipinski definition) is 3. The number of halogens is 1. The minimum atomic E-state index is -4.64. The molecule has 0 aliphatic rings. The van der Waals surface area contributed by atoms with Crippen molar-refractivity contribution in [3.05, 3.63) is 0 Å². The molecule has 0 amide bonds. The molecule has 0 saturated heterocycles. The third-order valence-electron chi connectivity index (χ3n) is 0. The molecule has 0 saturated carbocycles. The third-order valence-corrected chi connectivity index (χ3v) is 0. The van der Waals surface area contributed by atoms with Crippen molar-refractivity contribution >= 4 is 40.4 Å². The summed E-state index contributed by atoms with van der Waals surface area (Å²) >= 11 is 0. The summed E-state index contributed by atoms with van der Waals surface area (Å²) in [6, 6.07) is 0. The van der Waals surface area contributed by atoms with E-state index in [1.807, 2.05) is 0 Å². The molecule has 0 bridgehead atoms. The summed E-state index contributed by atoms with van der Waals surface area (Å²) in [5, 5.41) is 0. The molecular formula is H10BrO12P3. The van der Waals surface area contributed by atoms with Gasteiger partial charge < -0.3 is 44.0 Å². The Balaban J connectivity index is -0.0000000655. The summed E-state index contributed by atoms with van der Waals surface area (Å²) in [5.41, 5.74) is 0. The van der Waals surface area contributed by atoms with Gasteiger partial charge in [-0.2, -0.15) is 0 Å². The highest BCUT2D eigenvalue weighted by Gasteiger charge is 2.01. The smallest absolute Gasteiger partial charge is 0.303 e. The number of hydrogen-bond donors (Lipinski definition) is 9. The van der Waals surface area contributed by atoms with Crippen LogP contribution in [0.2, 0.25) is 0 Å². The first kappa shape index (κ1) is 25.6. The van der Waals surface area contributed by atoms with Crippen LogP contribution in [0, 0.1) is 0 Å². The minimum Gasteiger partial charge on any atom is -0.303 e. The Kier molecular flexibility index (Phi) is 15.7. The number of rotatable bonds is 0. The van der Waals surface area contributed by atoms with E-state index >= 15 is 0 Å². The maximum Gasteiger partial charge on any atom is 0.466 e. The van der Waals surface area contributed by atoms with E-state index in [2.05, 4.69) is 0 Å². The fourth-order valence-corrected chi connectivity index (χ4v) is 0. The summed E-state index contributed by atoms with van der Waals surface area (Å²) in [4.78, 5) is 64.7. The third kappa shape index (κ3) is 4300. The predicted octanol–water partition coefficient (Wildman–Crippen LogP) is -2.21. The lowest BCUT2D eigenvalue weighted by Crippen LogP contribution is -1.66. The predicted molar refractivity (Wildman–Crippen MR) is 53.1 cm³/mol. The largest absolute Gasteiger partial charge is 0.466 e. The Morgan fingerprint density at radius 3 is 0.438 bits per heavy atom. The average Bonchev–Trinajstić information content (AvgIpc) is 1.41. The standard InChI is InChI=1S/BrH.3H3O4P/c;3*1-5(2,3)4/h1H;3*(H3,1,2,3,4). The van der Waals surface area contributed by atoms with Crippen molar-refractivity contribution in [1.29, 1.82) is 0 Å². The molecule has 0 spiro atoms. The Morgan fingerprint density at radius 1 is 0.438 bits per heavy atom.